The van der Waals surface area contributed by atoms with E-state index < -0.39 is 0 Å². The summed E-state index contributed by atoms with van der Waals surface area (Å²) < 4.78 is 7.54. The fraction of sp³-hybridized carbons (Fsp3) is 0.444. The molecule has 1 aliphatic rings. The molecule has 0 saturated heterocycles. The van der Waals surface area contributed by atoms with E-state index in [4.69, 9.17) is 4.74 Å². The minimum absolute atomic E-state index is 0.0274. The molecular formula is C18H23N3O2. The Kier molecular flexibility index (Phi) is 4.11. The van der Waals surface area contributed by atoms with Crippen LogP contribution in [-0.2, 0) is 24.7 Å². The first kappa shape index (κ1) is 15.6. The number of hydrogen-bond acceptors (Lipinski definition) is 3. The van der Waals surface area contributed by atoms with E-state index in [9.17, 15) is 4.79 Å². The second-order valence-corrected chi connectivity index (χ2v) is 6.28. The SMILES string of the molecule is Cc1nn(C)c(C)c1CCC(=O)Nc1ccc2c(c1)CC(C)O2. The van der Waals surface area contributed by atoms with Gasteiger partial charge in [-0.05, 0) is 56.5 Å². The van der Waals surface area contributed by atoms with Crippen molar-refractivity contribution in [2.45, 2.75) is 46.1 Å². The Balaban J connectivity index is 1.61. The normalized spacial score (nSPS) is 16.1. The highest BCUT2D eigenvalue weighted by molar-refractivity contribution is 5.91. The van der Waals surface area contributed by atoms with Gasteiger partial charge in [0.05, 0.1) is 5.69 Å². The lowest BCUT2D eigenvalue weighted by atomic mass is 10.1. The zero-order valence-electron chi connectivity index (χ0n) is 14.1. The molecule has 0 fully saturated rings. The van der Waals surface area contributed by atoms with Crippen LogP contribution in [0.4, 0.5) is 5.69 Å². The summed E-state index contributed by atoms with van der Waals surface area (Å²) in [5.74, 6) is 0.955. The molecule has 3 rings (SSSR count). The number of ether oxygens (including phenoxy) is 1. The molecule has 0 saturated carbocycles. The Morgan fingerprint density at radius 1 is 1.43 bits per heavy atom. The van der Waals surface area contributed by atoms with Gasteiger partial charge in [0, 0.05) is 31.3 Å². The predicted molar refractivity (Wildman–Crippen MR) is 89.9 cm³/mol. The smallest absolute Gasteiger partial charge is 0.224 e. The number of benzene rings is 1. The number of anilines is 1. The number of aryl methyl sites for hydroxylation is 2. The molecule has 0 bridgehead atoms. The molecule has 1 aliphatic heterocycles. The summed E-state index contributed by atoms with van der Waals surface area (Å²) in [6, 6.07) is 5.84. The summed E-state index contributed by atoms with van der Waals surface area (Å²) in [6.07, 6.45) is 2.28. The minimum atomic E-state index is 0.0274. The van der Waals surface area contributed by atoms with Gasteiger partial charge in [-0.15, -0.1) is 0 Å². The summed E-state index contributed by atoms with van der Waals surface area (Å²) in [6.45, 7) is 6.08. The van der Waals surface area contributed by atoms with Gasteiger partial charge in [0.25, 0.3) is 0 Å². The molecule has 2 heterocycles. The summed E-state index contributed by atoms with van der Waals surface area (Å²) >= 11 is 0. The van der Waals surface area contributed by atoms with Crippen LogP contribution in [0.1, 0.15) is 35.9 Å². The highest BCUT2D eigenvalue weighted by Gasteiger charge is 2.19. The lowest BCUT2D eigenvalue weighted by molar-refractivity contribution is -0.116. The number of fused-ring (bicyclic) bond motifs is 1. The number of nitrogens with one attached hydrogen (secondary N) is 1. The molecule has 0 radical (unpaired) electrons. The molecule has 2 aromatic rings. The van der Waals surface area contributed by atoms with Crippen LogP contribution >= 0.6 is 0 Å². The lowest BCUT2D eigenvalue weighted by Gasteiger charge is -2.07. The third-order valence-corrected chi connectivity index (χ3v) is 4.44. The van der Waals surface area contributed by atoms with Gasteiger partial charge in [-0.25, -0.2) is 0 Å². The van der Waals surface area contributed by atoms with Crippen LogP contribution < -0.4 is 10.1 Å². The Labute approximate surface area is 136 Å². The van der Waals surface area contributed by atoms with Crippen molar-refractivity contribution in [3.63, 3.8) is 0 Å². The van der Waals surface area contributed by atoms with Crippen LogP contribution in [0, 0.1) is 13.8 Å². The van der Waals surface area contributed by atoms with Crippen LogP contribution in [0.3, 0.4) is 0 Å². The van der Waals surface area contributed by atoms with Crippen molar-refractivity contribution in [3.05, 3.63) is 40.7 Å². The largest absolute Gasteiger partial charge is 0.490 e. The molecule has 1 N–H and O–H groups in total. The maximum atomic E-state index is 12.2. The zero-order valence-corrected chi connectivity index (χ0v) is 14.1. The maximum Gasteiger partial charge on any atom is 0.224 e. The van der Waals surface area contributed by atoms with Crippen molar-refractivity contribution in [3.8, 4) is 5.75 Å². The Morgan fingerprint density at radius 3 is 2.91 bits per heavy atom. The van der Waals surface area contributed by atoms with Crippen LogP contribution in [0.5, 0.6) is 5.75 Å². The van der Waals surface area contributed by atoms with E-state index in [1.807, 2.05) is 43.8 Å². The average molecular weight is 313 g/mol. The van der Waals surface area contributed by atoms with Crippen molar-refractivity contribution < 1.29 is 9.53 Å². The second kappa shape index (κ2) is 6.07. The number of rotatable bonds is 4. The van der Waals surface area contributed by atoms with E-state index in [0.717, 1.165) is 34.8 Å². The van der Waals surface area contributed by atoms with Gasteiger partial charge in [-0.2, -0.15) is 5.10 Å². The quantitative estimate of drug-likeness (QED) is 0.944. The van der Waals surface area contributed by atoms with Crippen molar-refractivity contribution in [2.75, 3.05) is 5.32 Å². The van der Waals surface area contributed by atoms with Gasteiger partial charge in [-0.3, -0.25) is 9.48 Å². The highest BCUT2D eigenvalue weighted by atomic mass is 16.5. The molecule has 1 aromatic carbocycles. The number of hydrogen-bond donors (Lipinski definition) is 1. The molecule has 0 spiro atoms. The van der Waals surface area contributed by atoms with Crippen LogP contribution in [0.2, 0.25) is 0 Å². The van der Waals surface area contributed by atoms with Crippen LogP contribution in [-0.4, -0.2) is 21.8 Å². The van der Waals surface area contributed by atoms with Crippen molar-refractivity contribution in [1.29, 1.82) is 0 Å². The first-order chi connectivity index (χ1) is 10.9. The predicted octanol–water partition coefficient (Wildman–Crippen LogP) is 2.93. The monoisotopic (exact) mass is 313 g/mol. The highest BCUT2D eigenvalue weighted by Crippen LogP contribution is 2.31. The standard InChI is InChI=1S/C18H23N3O2/c1-11-9-14-10-15(5-7-17(14)23-11)19-18(22)8-6-16-12(2)20-21(4)13(16)3/h5,7,10-11H,6,8-9H2,1-4H3,(H,19,22). The molecule has 1 atom stereocenters. The lowest BCUT2D eigenvalue weighted by Crippen LogP contribution is -2.12. The number of carbonyl (C=O) groups is 1. The van der Waals surface area contributed by atoms with Gasteiger partial charge < -0.3 is 10.1 Å². The van der Waals surface area contributed by atoms with E-state index in [-0.39, 0.29) is 12.0 Å². The first-order valence-corrected chi connectivity index (χ1v) is 8.02. The van der Waals surface area contributed by atoms with E-state index in [2.05, 4.69) is 17.3 Å². The van der Waals surface area contributed by atoms with Crippen molar-refractivity contribution >= 4 is 11.6 Å². The molecule has 23 heavy (non-hydrogen) atoms. The molecule has 1 unspecified atom stereocenters. The summed E-state index contributed by atoms with van der Waals surface area (Å²) in [5, 5.41) is 7.37. The molecule has 122 valence electrons. The van der Waals surface area contributed by atoms with Gasteiger partial charge >= 0.3 is 0 Å². The van der Waals surface area contributed by atoms with E-state index in [1.54, 1.807) is 0 Å². The second-order valence-electron chi connectivity index (χ2n) is 6.28. The Hall–Kier alpha value is -2.30. The molecular weight excluding hydrogens is 290 g/mol. The number of carbonyl (C=O) groups excluding carboxylic acids is 1. The van der Waals surface area contributed by atoms with Gasteiger partial charge in [-0.1, -0.05) is 0 Å². The topological polar surface area (TPSA) is 56.2 Å². The summed E-state index contributed by atoms with van der Waals surface area (Å²) in [4.78, 5) is 12.2. The van der Waals surface area contributed by atoms with Gasteiger partial charge in [0.2, 0.25) is 5.91 Å². The maximum absolute atomic E-state index is 12.2. The van der Waals surface area contributed by atoms with E-state index in [0.29, 0.717) is 12.8 Å². The van der Waals surface area contributed by atoms with Crippen LogP contribution in [0.15, 0.2) is 18.2 Å². The molecule has 1 aromatic heterocycles. The van der Waals surface area contributed by atoms with E-state index in [1.165, 1.54) is 5.56 Å². The zero-order chi connectivity index (χ0) is 16.6. The van der Waals surface area contributed by atoms with Crippen molar-refractivity contribution in [1.82, 2.24) is 9.78 Å². The molecule has 0 aliphatic carbocycles. The average Bonchev–Trinajstić information content (AvgIpc) is 2.96. The first-order valence-electron chi connectivity index (χ1n) is 8.02. The minimum Gasteiger partial charge on any atom is -0.490 e. The van der Waals surface area contributed by atoms with Gasteiger partial charge in [0.1, 0.15) is 11.9 Å². The molecule has 5 heteroatoms. The number of amides is 1. The summed E-state index contributed by atoms with van der Waals surface area (Å²) in [5.41, 5.74) is 5.29. The van der Waals surface area contributed by atoms with Crippen LogP contribution in [0.25, 0.3) is 0 Å². The Morgan fingerprint density at radius 2 is 2.22 bits per heavy atom. The van der Waals surface area contributed by atoms with Gasteiger partial charge in [0.15, 0.2) is 0 Å². The fourth-order valence-electron chi connectivity index (χ4n) is 3.14. The molecule has 5 nitrogen and oxygen atoms in total. The fourth-order valence-corrected chi connectivity index (χ4v) is 3.14. The number of nitrogens with zero attached hydrogens (tertiary/aromatic N) is 2. The molecule has 1 amide bonds. The van der Waals surface area contributed by atoms with E-state index >= 15 is 0 Å². The third kappa shape index (κ3) is 3.23. The third-order valence-electron chi connectivity index (χ3n) is 4.44. The number of aromatic nitrogens is 2. The van der Waals surface area contributed by atoms with Crippen molar-refractivity contribution in [2.24, 2.45) is 7.05 Å². The summed E-state index contributed by atoms with van der Waals surface area (Å²) in [7, 11) is 1.93. The Bertz CT molecular complexity index is 749.